The molecule has 0 spiro atoms. The standard InChI is InChI=1S/C13H16O3S/c1-15-13-7-10(8-14)4-5-12(13)16-11-3-2-6-17-9-11/h4-5,7-8,11H,2-3,6,9H2,1H3. The first-order valence-corrected chi connectivity index (χ1v) is 6.86. The van der Waals surface area contributed by atoms with Crippen LogP contribution in [-0.4, -0.2) is 31.0 Å². The second-order valence-electron chi connectivity index (χ2n) is 3.99. The Bertz CT molecular complexity index is 386. The molecule has 1 aliphatic heterocycles. The predicted octanol–water partition coefficient (Wildman–Crippen LogP) is 2.78. The third-order valence-corrected chi connectivity index (χ3v) is 3.92. The maximum atomic E-state index is 10.7. The highest BCUT2D eigenvalue weighted by atomic mass is 32.2. The van der Waals surface area contributed by atoms with E-state index in [-0.39, 0.29) is 6.10 Å². The van der Waals surface area contributed by atoms with E-state index in [4.69, 9.17) is 9.47 Å². The van der Waals surface area contributed by atoms with Gasteiger partial charge in [-0.05, 0) is 36.8 Å². The molecule has 1 aromatic rings. The van der Waals surface area contributed by atoms with Gasteiger partial charge >= 0.3 is 0 Å². The molecule has 4 heteroatoms. The molecule has 1 fully saturated rings. The summed E-state index contributed by atoms with van der Waals surface area (Å²) < 4.78 is 11.2. The highest BCUT2D eigenvalue weighted by Crippen LogP contribution is 2.31. The Kier molecular flexibility index (Phi) is 4.31. The van der Waals surface area contributed by atoms with Gasteiger partial charge in [0, 0.05) is 11.3 Å². The maximum absolute atomic E-state index is 10.7. The van der Waals surface area contributed by atoms with Crippen molar-refractivity contribution in [2.75, 3.05) is 18.6 Å². The van der Waals surface area contributed by atoms with Gasteiger partial charge in [0.25, 0.3) is 0 Å². The molecule has 0 radical (unpaired) electrons. The van der Waals surface area contributed by atoms with Gasteiger partial charge in [-0.1, -0.05) is 0 Å². The largest absolute Gasteiger partial charge is 0.493 e. The van der Waals surface area contributed by atoms with Crippen LogP contribution in [0.1, 0.15) is 23.2 Å². The molecule has 1 atom stereocenters. The fourth-order valence-corrected chi connectivity index (χ4v) is 2.87. The summed E-state index contributed by atoms with van der Waals surface area (Å²) in [5.41, 5.74) is 0.604. The fourth-order valence-electron chi connectivity index (χ4n) is 1.84. The van der Waals surface area contributed by atoms with Crippen molar-refractivity contribution in [2.24, 2.45) is 0 Å². The van der Waals surface area contributed by atoms with Crippen LogP contribution in [0.2, 0.25) is 0 Å². The number of benzene rings is 1. The van der Waals surface area contributed by atoms with Gasteiger partial charge in [-0.25, -0.2) is 0 Å². The molecule has 0 aliphatic carbocycles. The van der Waals surface area contributed by atoms with Crippen LogP contribution >= 0.6 is 11.8 Å². The third kappa shape index (κ3) is 3.16. The van der Waals surface area contributed by atoms with Gasteiger partial charge in [0.1, 0.15) is 12.4 Å². The highest BCUT2D eigenvalue weighted by Gasteiger charge is 2.17. The van der Waals surface area contributed by atoms with Gasteiger partial charge in [-0.15, -0.1) is 0 Å². The number of hydrogen-bond acceptors (Lipinski definition) is 4. The van der Waals surface area contributed by atoms with Gasteiger partial charge in [0.2, 0.25) is 0 Å². The molecule has 0 N–H and O–H groups in total. The van der Waals surface area contributed by atoms with E-state index in [0.29, 0.717) is 11.3 Å². The first kappa shape index (κ1) is 12.3. The van der Waals surface area contributed by atoms with Crippen molar-refractivity contribution in [3.05, 3.63) is 23.8 Å². The van der Waals surface area contributed by atoms with E-state index in [1.807, 2.05) is 17.8 Å². The molecule has 17 heavy (non-hydrogen) atoms. The zero-order valence-corrected chi connectivity index (χ0v) is 10.7. The summed E-state index contributed by atoms with van der Waals surface area (Å²) in [6.45, 7) is 0. The summed E-state index contributed by atoms with van der Waals surface area (Å²) in [5.74, 6) is 3.61. The van der Waals surface area contributed by atoms with Gasteiger partial charge in [-0.2, -0.15) is 11.8 Å². The molecule has 92 valence electrons. The van der Waals surface area contributed by atoms with Crippen LogP contribution in [0.25, 0.3) is 0 Å². The number of carbonyl (C=O) groups is 1. The minimum Gasteiger partial charge on any atom is -0.493 e. The first-order valence-electron chi connectivity index (χ1n) is 5.71. The number of rotatable bonds is 4. The first-order chi connectivity index (χ1) is 8.33. The minimum absolute atomic E-state index is 0.254. The molecular formula is C13H16O3S. The van der Waals surface area contributed by atoms with Gasteiger partial charge in [0.15, 0.2) is 11.5 Å². The zero-order chi connectivity index (χ0) is 12.1. The van der Waals surface area contributed by atoms with E-state index in [1.165, 1.54) is 12.2 Å². The number of ether oxygens (including phenoxy) is 2. The maximum Gasteiger partial charge on any atom is 0.161 e. The lowest BCUT2D eigenvalue weighted by Gasteiger charge is -2.23. The number of methoxy groups -OCH3 is 1. The Morgan fingerprint density at radius 3 is 2.94 bits per heavy atom. The lowest BCUT2D eigenvalue weighted by Crippen LogP contribution is -2.23. The summed E-state index contributed by atoms with van der Waals surface area (Å²) in [5, 5.41) is 0. The normalized spacial score (nSPS) is 19.7. The van der Waals surface area contributed by atoms with E-state index in [2.05, 4.69) is 0 Å². The van der Waals surface area contributed by atoms with E-state index >= 15 is 0 Å². The summed E-state index contributed by atoms with van der Waals surface area (Å²) >= 11 is 1.92. The van der Waals surface area contributed by atoms with Crippen LogP contribution in [0.3, 0.4) is 0 Å². The number of carbonyl (C=O) groups excluding carboxylic acids is 1. The second-order valence-corrected chi connectivity index (χ2v) is 5.13. The summed E-state index contributed by atoms with van der Waals surface area (Å²) in [6, 6.07) is 5.26. The number of aldehydes is 1. The molecule has 3 nitrogen and oxygen atoms in total. The van der Waals surface area contributed by atoms with Gasteiger partial charge in [0.05, 0.1) is 7.11 Å². The monoisotopic (exact) mass is 252 g/mol. The van der Waals surface area contributed by atoms with Crippen molar-refractivity contribution in [1.29, 1.82) is 0 Å². The number of thioether (sulfide) groups is 1. The molecule has 1 unspecified atom stereocenters. The average Bonchev–Trinajstić information content (AvgIpc) is 2.40. The molecule has 1 saturated heterocycles. The molecule has 1 aromatic carbocycles. The Labute approximate surface area is 105 Å². The van der Waals surface area contributed by atoms with E-state index in [0.717, 1.165) is 24.2 Å². The van der Waals surface area contributed by atoms with Crippen LogP contribution in [0.5, 0.6) is 11.5 Å². The SMILES string of the molecule is COc1cc(C=O)ccc1OC1CCCSC1. The highest BCUT2D eigenvalue weighted by molar-refractivity contribution is 7.99. The lowest BCUT2D eigenvalue weighted by atomic mass is 10.2. The van der Waals surface area contributed by atoms with Crippen LogP contribution in [0, 0.1) is 0 Å². The lowest BCUT2D eigenvalue weighted by molar-refractivity contribution is 0.112. The van der Waals surface area contributed by atoms with Crippen LogP contribution in [0.4, 0.5) is 0 Å². The van der Waals surface area contributed by atoms with Crippen LogP contribution in [0.15, 0.2) is 18.2 Å². The number of hydrogen-bond donors (Lipinski definition) is 0. The average molecular weight is 252 g/mol. The third-order valence-electron chi connectivity index (χ3n) is 2.74. The molecular weight excluding hydrogens is 236 g/mol. The van der Waals surface area contributed by atoms with Crippen LogP contribution in [-0.2, 0) is 0 Å². The van der Waals surface area contributed by atoms with Crippen molar-refractivity contribution in [2.45, 2.75) is 18.9 Å². The van der Waals surface area contributed by atoms with Crippen LogP contribution < -0.4 is 9.47 Å². The Balaban J connectivity index is 2.10. The van der Waals surface area contributed by atoms with Crippen molar-refractivity contribution in [3.8, 4) is 11.5 Å². The molecule has 0 bridgehead atoms. The van der Waals surface area contributed by atoms with Crippen molar-refractivity contribution >= 4 is 18.0 Å². The minimum atomic E-state index is 0.254. The van der Waals surface area contributed by atoms with Crippen molar-refractivity contribution in [1.82, 2.24) is 0 Å². The molecule has 1 aliphatic rings. The van der Waals surface area contributed by atoms with E-state index < -0.39 is 0 Å². The molecule has 0 saturated carbocycles. The zero-order valence-electron chi connectivity index (χ0n) is 9.85. The molecule has 0 aromatic heterocycles. The summed E-state index contributed by atoms with van der Waals surface area (Å²) in [7, 11) is 1.59. The van der Waals surface area contributed by atoms with Crippen molar-refractivity contribution in [3.63, 3.8) is 0 Å². The molecule has 1 heterocycles. The Morgan fingerprint density at radius 1 is 1.41 bits per heavy atom. The topological polar surface area (TPSA) is 35.5 Å². The van der Waals surface area contributed by atoms with Gasteiger partial charge < -0.3 is 9.47 Å². The fraction of sp³-hybridized carbons (Fsp3) is 0.462. The molecule has 2 rings (SSSR count). The predicted molar refractivity (Wildman–Crippen MR) is 69.4 cm³/mol. The quantitative estimate of drug-likeness (QED) is 0.772. The smallest absolute Gasteiger partial charge is 0.161 e. The molecule has 0 amide bonds. The second kappa shape index (κ2) is 5.96. The summed E-state index contributed by atoms with van der Waals surface area (Å²) in [4.78, 5) is 10.7. The van der Waals surface area contributed by atoms with Gasteiger partial charge in [-0.3, -0.25) is 4.79 Å². The van der Waals surface area contributed by atoms with Crippen molar-refractivity contribution < 1.29 is 14.3 Å². The van der Waals surface area contributed by atoms with E-state index in [1.54, 1.807) is 19.2 Å². The van der Waals surface area contributed by atoms with E-state index in [9.17, 15) is 4.79 Å². The Hall–Kier alpha value is -1.16. The Morgan fingerprint density at radius 2 is 2.29 bits per heavy atom. The summed E-state index contributed by atoms with van der Waals surface area (Å²) in [6.07, 6.45) is 3.35.